The molecule has 0 aromatic carbocycles. The molecule has 0 atom stereocenters. The molecular formula is C20H24N6O3. The van der Waals surface area contributed by atoms with E-state index in [1.807, 2.05) is 4.57 Å². The molecule has 0 fully saturated rings. The Balaban J connectivity index is 1.60. The number of pyridine rings is 1. The van der Waals surface area contributed by atoms with Crippen molar-refractivity contribution < 1.29 is 14.3 Å². The smallest absolute Gasteiger partial charge is 0.358 e. The number of aryl methyl sites for hydroxylation is 1. The van der Waals surface area contributed by atoms with Crippen molar-refractivity contribution in [3.63, 3.8) is 0 Å². The number of hydrogen-bond donors (Lipinski definition) is 0. The lowest BCUT2D eigenvalue weighted by atomic mass is 10.0. The lowest BCUT2D eigenvalue weighted by Crippen LogP contribution is -2.36. The third kappa shape index (κ3) is 3.37. The zero-order valence-corrected chi connectivity index (χ0v) is 17.0. The topological polar surface area (TPSA) is 95.1 Å². The summed E-state index contributed by atoms with van der Waals surface area (Å²) < 4.78 is 8.53. The molecule has 152 valence electrons. The van der Waals surface area contributed by atoms with Gasteiger partial charge in [-0.1, -0.05) is 13.8 Å². The molecule has 0 unspecified atom stereocenters. The van der Waals surface area contributed by atoms with E-state index in [9.17, 15) is 9.59 Å². The van der Waals surface area contributed by atoms with Gasteiger partial charge in [0.1, 0.15) is 5.52 Å². The van der Waals surface area contributed by atoms with Crippen LogP contribution in [0.4, 0.5) is 0 Å². The van der Waals surface area contributed by atoms with Crippen LogP contribution in [0.3, 0.4) is 0 Å². The molecule has 1 aliphatic rings. The van der Waals surface area contributed by atoms with Gasteiger partial charge in [0.15, 0.2) is 11.3 Å². The summed E-state index contributed by atoms with van der Waals surface area (Å²) in [5, 5.41) is 4.28. The van der Waals surface area contributed by atoms with E-state index in [1.165, 1.54) is 7.11 Å². The molecule has 0 saturated carbocycles. The summed E-state index contributed by atoms with van der Waals surface area (Å²) in [5.41, 5.74) is 3.93. The van der Waals surface area contributed by atoms with Crippen molar-refractivity contribution in [1.82, 2.24) is 29.2 Å². The zero-order valence-electron chi connectivity index (χ0n) is 17.0. The molecule has 3 aromatic heterocycles. The highest BCUT2D eigenvalue weighted by molar-refractivity contribution is 5.97. The Morgan fingerprint density at radius 2 is 2.07 bits per heavy atom. The fourth-order valence-electron chi connectivity index (χ4n) is 3.80. The number of methoxy groups -OCH3 is 1. The molecule has 4 heterocycles. The van der Waals surface area contributed by atoms with Crippen molar-refractivity contribution in [2.75, 3.05) is 13.7 Å². The molecule has 0 radical (unpaired) electrons. The van der Waals surface area contributed by atoms with E-state index >= 15 is 0 Å². The number of ether oxygens (including phenoxy) is 1. The van der Waals surface area contributed by atoms with Gasteiger partial charge in [-0.15, -0.1) is 0 Å². The van der Waals surface area contributed by atoms with Crippen LogP contribution in [0.2, 0.25) is 0 Å². The quantitative estimate of drug-likeness (QED) is 0.624. The van der Waals surface area contributed by atoms with E-state index in [-0.39, 0.29) is 11.6 Å². The van der Waals surface area contributed by atoms with Gasteiger partial charge in [-0.05, 0) is 12.0 Å². The second-order valence-corrected chi connectivity index (χ2v) is 7.72. The van der Waals surface area contributed by atoms with E-state index in [0.717, 1.165) is 23.4 Å². The Bertz CT molecular complexity index is 1100. The van der Waals surface area contributed by atoms with E-state index < -0.39 is 5.97 Å². The van der Waals surface area contributed by atoms with Gasteiger partial charge in [0, 0.05) is 44.0 Å². The monoisotopic (exact) mass is 396 g/mol. The minimum absolute atomic E-state index is 0.136. The highest BCUT2D eigenvalue weighted by Gasteiger charge is 2.30. The highest BCUT2D eigenvalue weighted by Crippen LogP contribution is 2.24. The first-order valence-corrected chi connectivity index (χ1v) is 9.62. The van der Waals surface area contributed by atoms with Crippen molar-refractivity contribution in [2.24, 2.45) is 13.0 Å². The van der Waals surface area contributed by atoms with Crippen molar-refractivity contribution in [2.45, 2.75) is 33.4 Å². The van der Waals surface area contributed by atoms with Gasteiger partial charge >= 0.3 is 5.97 Å². The molecule has 4 rings (SSSR count). The Labute approximate surface area is 168 Å². The van der Waals surface area contributed by atoms with Crippen LogP contribution in [0, 0.1) is 5.92 Å². The number of amides is 1. The van der Waals surface area contributed by atoms with Gasteiger partial charge in [0.25, 0.3) is 5.91 Å². The minimum atomic E-state index is -0.491. The number of nitrogens with zero attached hydrogens (tertiary/aromatic N) is 6. The molecule has 1 amide bonds. The summed E-state index contributed by atoms with van der Waals surface area (Å²) in [4.78, 5) is 35.7. The van der Waals surface area contributed by atoms with Gasteiger partial charge in [-0.2, -0.15) is 5.10 Å². The molecule has 0 saturated heterocycles. The molecular weight excluding hydrogens is 372 g/mol. The zero-order chi connectivity index (χ0) is 20.7. The largest absolute Gasteiger partial charge is 0.464 e. The maximum absolute atomic E-state index is 13.1. The Kier molecular flexibility index (Phi) is 4.81. The highest BCUT2D eigenvalue weighted by atomic mass is 16.5. The number of fused-ring (bicyclic) bond motifs is 2. The van der Waals surface area contributed by atoms with Gasteiger partial charge in [-0.25, -0.2) is 14.8 Å². The van der Waals surface area contributed by atoms with Crippen LogP contribution in [0.25, 0.3) is 11.2 Å². The molecule has 9 heteroatoms. The van der Waals surface area contributed by atoms with Crippen molar-refractivity contribution >= 4 is 23.0 Å². The van der Waals surface area contributed by atoms with Gasteiger partial charge in [0.05, 0.1) is 25.5 Å². The van der Waals surface area contributed by atoms with Crippen LogP contribution < -0.4 is 0 Å². The van der Waals surface area contributed by atoms with Crippen LogP contribution in [0.15, 0.2) is 18.6 Å². The van der Waals surface area contributed by atoms with Crippen LogP contribution in [0.5, 0.6) is 0 Å². The molecule has 1 aliphatic heterocycles. The van der Waals surface area contributed by atoms with E-state index in [0.29, 0.717) is 36.5 Å². The Hall–Kier alpha value is -3.23. The number of hydrogen-bond acceptors (Lipinski definition) is 6. The standard InChI is InChI=1S/C20H24N6O3/c1-12(2)9-26-11-22-15-7-13(8-21-18(15)26)19(27)25-6-5-16-14(10-25)17(20(28)29-4)23-24(16)3/h7-8,11-12H,5-6,9-10H2,1-4H3. The van der Waals surface area contributed by atoms with Crippen LogP contribution >= 0.6 is 0 Å². The number of rotatable bonds is 4. The lowest BCUT2D eigenvalue weighted by molar-refractivity contribution is 0.0586. The predicted octanol–water partition coefficient (Wildman–Crippen LogP) is 1.81. The molecule has 29 heavy (non-hydrogen) atoms. The first kappa shape index (κ1) is 19.1. The number of carbonyl (C=O) groups excluding carboxylic acids is 2. The predicted molar refractivity (Wildman–Crippen MR) is 105 cm³/mol. The maximum atomic E-state index is 13.1. The van der Waals surface area contributed by atoms with E-state index in [4.69, 9.17) is 4.74 Å². The molecule has 0 spiro atoms. The average Bonchev–Trinajstić information content (AvgIpc) is 3.26. The summed E-state index contributed by atoms with van der Waals surface area (Å²) in [7, 11) is 3.13. The summed E-state index contributed by atoms with van der Waals surface area (Å²) in [6, 6.07) is 1.78. The third-order valence-electron chi connectivity index (χ3n) is 5.17. The maximum Gasteiger partial charge on any atom is 0.358 e. The van der Waals surface area contributed by atoms with Crippen molar-refractivity contribution in [3.8, 4) is 0 Å². The minimum Gasteiger partial charge on any atom is -0.464 e. The summed E-state index contributed by atoms with van der Waals surface area (Å²) in [6.45, 7) is 5.95. The fourth-order valence-corrected chi connectivity index (χ4v) is 3.80. The first-order valence-electron chi connectivity index (χ1n) is 9.62. The summed E-state index contributed by atoms with van der Waals surface area (Å²) >= 11 is 0. The van der Waals surface area contributed by atoms with Crippen LogP contribution in [-0.4, -0.2) is 54.7 Å². The van der Waals surface area contributed by atoms with Gasteiger partial charge in [0.2, 0.25) is 0 Å². The summed E-state index contributed by atoms with van der Waals surface area (Å²) in [5.74, 6) is -0.153. The van der Waals surface area contributed by atoms with Crippen LogP contribution in [-0.2, 0) is 31.3 Å². The number of esters is 1. The fraction of sp³-hybridized carbons (Fsp3) is 0.450. The second kappa shape index (κ2) is 7.31. The average molecular weight is 396 g/mol. The number of carbonyl (C=O) groups is 2. The van der Waals surface area contributed by atoms with Crippen molar-refractivity contribution in [3.05, 3.63) is 41.1 Å². The normalized spacial score (nSPS) is 13.8. The molecule has 0 aliphatic carbocycles. The second-order valence-electron chi connectivity index (χ2n) is 7.72. The molecule has 0 bridgehead atoms. The molecule has 9 nitrogen and oxygen atoms in total. The van der Waals surface area contributed by atoms with Crippen molar-refractivity contribution in [1.29, 1.82) is 0 Å². The first-order chi connectivity index (χ1) is 13.9. The SMILES string of the molecule is COC(=O)c1nn(C)c2c1CN(C(=O)c1cnc3c(c1)ncn3CC(C)C)CC2. The third-order valence-corrected chi connectivity index (χ3v) is 5.17. The number of imidazole rings is 1. The Morgan fingerprint density at radius 1 is 1.28 bits per heavy atom. The van der Waals surface area contributed by atoms with Gasteiger partial charge < -0.3 is 14.2 Å². The van der Waals surface area contributed by atoms with Crippen LogP contribution in [0.1, 0.15) is 46.0 Å². The van der Waals surface area contributed by atoms with E-state index in [1.54, 1.807) is 35.2 Å². The van der Waals surface area contributed by atoms with Gasteiger partial charge in [-0.3, -0.25) is 9.48 Å². The molecule has 3 aromatic rings. The van der Waals surface area contributed by atoms with E-state index in [2.05, 4.69) is 28.9 Å². The summed E-state index contributed by atoms with van der Waals surface area (Å²) in [6.07, 6.45) is 3.99. The molecule has 0 N–H and O–H groups in total. The Morgan fingerprint density at radius 3 is 2.79 bits per heavy atom. The lowest BCUT2D eigenvalue weighted by Gasteiger charge is -2.27. The number of aromatic nitrogens is 5.